The van der Waals surface area contributed by atoms with Gasteiger partial charge in [0.2, 0.25) is 0 Å². The SMILES string of the molecule is CCCc1nc(C)c(-c2ccc(OC(C)C)[nH+]c2)c(=O)n1Cc1ccc(-c2ccccc2C(=N)NC(=O)O)cc1F. The lowest BCUT2D eigenvalue weighted by Gasteiger charge is -2.17. The normalized spacial score (nSPS) is 11.0. The molecule has 0 radical (unpaired) electrons. The van der Waals surface area contributed by atoms with E-state index >= 15 is 4.39 Å². The molecule has 0 unspecified atom stereocenters. The Balaban J connectivity index is 1.72. The van der Waals surface area contributed by atoms with E-state index in [9.17, 15) is 9.59 Å². The van der Waals surface area contributed by atoms with Crippen LogP contribution < -0.4 is 20.6 Å². The lowest BCUT2D eigenvalue weighted by molar-refractivity contribution is -0.395. The topological polar surface area (TPSA) is 131 Å². The smallest absolute Gasteiger partial charge is 0.410 e. The molecule has 0 aliphatic carbocycles. The number of aromatic nitrogens is 3. The van der Waals surface area contributed by atoms with E-state index in [4.69, 9.17) is 20.2 Å². The number of amides is 1. The van der Waals surface area contributed by atoms with Crippen LogP contribution in [0, 0.1) is 18.2 Å². The summed E-state index contributed by atoms with van der Waals surface area (Å²) in [6, 6.07) is 14.9. The average Bonchev–Trinajstić information content (AvgIpc) is 2.92. The van der Waals surface area contributed by atoms with E-state index in [1.54, 1.807) is 61.7 Å². The van der Waals surface area contributed by atoms with Crippen LogP contribution >= 0.6 is 0 Å². The third-order valence-electron chi connectivity index (χ3n) is 6.46. The van der Waals surface area contributed by atoms with Crippen LogP contribution in [0.4, 0.5) is 9.18 Å². The summed E-state index contributed by atoms with van der Waals surface area (Å²) < 4.78 is 22.7. The van der Waals surface area contributed by atoms with Gasteiger partial charge in [0.1, 0.15) is 17.5 Å². The van der Waals surface area contributed by atoms with Gasteiger partial charge in [0.15, 0.2) is 6.20 Å². The molecule has 4 N–H and O–H groups in total. The van der Waals surface area contributed by atoms with Crippen molar-refractivity contribution in [2.45, 2.75) is 53.2 Å². The second-order valence-electron chi connectivity index (χ2n) is 9.89. The molecule has 0 aliphatic heterocycles. The Morgan fingerprint density at radius 2 is 1.90 bits per heavy atom. The van der Waals surface area contributed by atoms with Gasteiger partial charge in [-0.15, -0.1) is 0 Å². The Kier molecular flexibility index (Phi) is 8.91. The molecular weight excluding hydrogens is 525 g/mol. The molecule has 0 saturated heterocycles. The number of nitrogens with zero attached hydrogens (tertiary/aromatic N) is 2. The van der Waals surface area contributed by atoms with Gasteiger partial charge in [-0.25, -0.2) is 14.2 Å². The van der Waals surface area contributed by atoms with Crippen LogP contribution in [0.1, 0.15) is 49.8 Å². The number of rotatable bonds is 9. The Hall–Kier alpha value is -4.86. The predicted molar refractivity (Wildman–Crippen MR) is 154 cm³/mol. The highest BCUT2D eigenvalue weighted by atomic mass is 19.1. The maximum atomic E-state index is 15.5. The highest BCUT2D eigenvalue weighted by Crippen LogP contribution is 2.27. The van der Waals surface area contributed by atoms with Crippen LogP contribution in [-0.2, 0) is 13.0 Å². The molecule has 0 bridgehead atoms. The first-order chi connectivity index (χ1) is 19.6. The van der Waals surface area contributed by atoms with Crippen LogP contribution in [0.3, 0.4) is 0 Å². The van der Waals surface area contributed by atoms with Crippen molar-refractivity contribution < 1.29 is 24.0 Å². The Morgan fingerprint density at radius 1 is 1.17 bits per heavy atom. The summed E-state index contributed by atoms with van der Waals surface area (Å²) in [7, 11) is 0. The van der Waals surface area contributed by atoms with Gasteiger partial charge in [0, 0.05) is 17.5 Å². The fourth-order valence-corrected chi connectivity index (χ4v) is 4.66. The standard InChI is InChI=1S/C31H32FN5O4/c1-5-8-26-35-19(4)28(21-13-14-27(34-16-21)41-18(2)3)30(38)37(26)17-22-12-11-20(15-25(22)32)23-9-6-7-10-24(23)29(33)36-31(39)40/h6-7,9-16,18H,5,8,17H2,1-4H3,(H2,33,36)(H,39,40)/p+1. The van der Waals surface area contributed by atoms with E-state index in [0.29, 0.717) is 57.2 Å². The number of aryl methyl sites for hydroxylation is 2. The number of amidine groups is 1. The van der Waals surface area contributed by atoms with E-state index in [0.717, 1.165) is 6.42 Å². The third-order valence-corrected chi connectivity index (χ3v) is 6.46. The van der Waals surface area contributed by atoms with Crippen molar-refractivity contribution in [2.24, 2.45) is 0 Å². The van der Waals surface area contributed by atoms with Gasteiger partial charge < -0.3 is 9.84 Å². The molecule has 0 aliphatic rings. The Bertz CT molecular complexity index is 1650. The molecule has 0 atom stereocenters. The zero-order valence-corrected chi connectivity index (χ0v) is 23.4. The quantitative estimate of drug-likeness (QED) is 0.191. The van der Waals surface area contributed by atoms with Crippen molar-refractivity contribution >= 4 is 11.9 Å². The summed E-state index contributed by atoms with van der Waals surface area (Å²) >= 11 is 0. The molecule has 10 heteroatoms. The fraction of sp³-hybridized carbons (Fsp3) is 0.258. The summed E-state index contributed by atoms with van der Waals surface area (Å²) in [4.78, 5) is 32.7. The van der Waals surface area contributed by atoms with Crippen molar-refractivity contribution in [2.75, 3.05) is 0 Å². The van der Waals surface area contributed by atoms with E-state index in [1.807, 2.05) is 26.1 Å². The number of hydrogen-bond donors (Lipinski definition) is 3. The van der Waals surface area contributed by atoms with Crippen molar-refractivity contribution in [3.63, 3.8) is 0 Å². The van der Waals surface area contributed by atoms with Gasteiger partial charge in [0.25, 0.3) is 5.56 Å². The largest absolute Gasteiger partial charge is 0.465 e. The first-order valence-electron chi connectivity index (χ1n) is 13.3. The minimum absolute atomic E-state index is 0.00520. The summed E-state index contributed by atoms with van der Waals surface area (Å²) in [5.74, 6) is 0.307. The van der Waals surface area contributed by atoms with E-state index in [2.05, 4.69) is 4.98 Å². The summed E-state index contributed by atoms with van der Waals surface area (Å²) in [5.41, 5.74) is 2.98. The van der Waals surface area contributed by atoms with Crippen LogP contribution in [0.5, 0.6) is 5.88 Å². The number of aromatic amines is 1. The van der Waals surface area contributed by atoms with Gasteiger partial charge in [-0.1, -0.05) is 43.3 Å². The van der Waals surface area contributed by atoms with Crippen molar-refractivity contribution in [3.8, 4) is 28.1 Å². The maximum absolute atomic E-state index is 15.5. The van der Waals surface area contributed by atoms with Crippen LogP contribution in [0.2, 0.25) is 0 Å². The minimum atomic E-state index is -1.36. The molecule has 212 valence electrons. The van der Waals surface area contributed by atoms with Crippen LogP contribution in [-0.4, -0.2) is 32.7 Å². The highest BCUT2D eigenvalue weighted by molar-refractivity contribution is 6.08. The van der Waals surface area contributed by atoms with Gasteiger partial charge in [-0.3, -0.25) is 20.1 Å². The number of hydrogen-bond acceptors (Lipinski definition) is 5. The minimum Gasteiger partial charge on any atom is -0.465 e. The number of carboxylic acid groups (broad SMARTS) is 1. The molecule has 0 fully saturated rings. The van der Waals surface area contributed by atoms with Gasteiger partial charge >= 0.3 is 12.0 Å². The molecular formula is C31H33FN5O4+. The molecule has 1 amide bonds. The number of nitrogens with one attached hydrogen (secondary N) is 3. The number of pyridine rings is 1. The number of H-pyrrole nitrogens is 1. The molecule has 41 heavy (non-hydrogen) atoms. The zero-order chi connectivity index (χ0) is 29.7. The van der Waals surface area contributed by atoms with E-state index in [-0.39, 0.29) is 24.0 Å². The molecule has 0 spiro atoms. The fourth-order valence-electron chi connectivity index (χ4n) is 4.66. The number of ether oxygens (including phenoxy) is 1. The van der Waals surface area contributed by atoms with E-state index in [1.165, 1.54) is 10.6 Å². The van der Waals surface area contributed by atoms with Gasteiger partial charge in [-0.05, 0) is 50.5 Å². The molecule has 2 aromatic carbocycles. The van der Waals surface area contributed by atoms with Gasteiger partial charge in [0.05, 0.1) is 35.5 Å². The number of halogens is 1. The second kappa shape index (κ2) is 12.5. The molecule has 2 aromatic heterocycles. The van der Waals surface area contributed by atoms with Crippen molar-refractivity contribution in [1.29, 1.82) is 5.41 Å². The number of benzene rings is 2. The Morgan fingerprint density at radius 3 is 2.54 bits per heavy atom. The average molecular weight is 559 g/mol. The van der Waals surface area contributed by atoms with Gasteiger partial charge in [-0.2, -0.15) is 4.98 Å². The van der Waals surface area contributed by atoms with Crippen LogP contribution in [0.15, 0.2) is 65.6 Å². The third kappa shape index (κ3) is 6.66. The van der Waals surface area contributed by atoms with Crippen molar-refractivity contribution in [3.05, 3.63) is 99.6 Å². The van der Waals surface area contributed by atoms with Crippen LogP contribution in [0.25, 0.3) is 22.3 Å². The second-order valence-corrected chi connectivity index (χ2v) is 9.89. The first-order valence-corrected chi connectivity index (χ1v) is 13.3. The van der Waals surface area contributed by atoms with E-state index < -0.39 is 11.9 Å². The lowest BCUT2D eigenvalue weighted by Crippen LogP contribution is -2.29. The summed E-state index contributed by atoms with van der Waals surface area (Å²) in [6.07, 6.45) is 1.65. The molecule has 2 heterocycles. The maximum Gasteiger partial charge on any atom is 0.410 e. The molecule has 0 saturated carbocycles. The number of carbonyl (C=O) groups is 1. The molecule has 9 nitrogen and oxygen atoms in total. The summed E-state index contributed by atoms with van der Waals surface area (Å²) in [6.45, 7) is 7.62. The summed E-state index contributed by atoms with van der Waals surface area (Å²) in [5, 5.41) is 19.1. The monoisotopic (exact) mass is 558 g/mol. The zero-order valence-electron chi connectivity index (χ0n) is 23.4. The predicted octanol–water partition coefficient (Wildman–Crippen LogP) is 5.22. The lowest BCUT2D eigenvalue weighted by atomic mass is 9.97. The highest BCUT2D eigenvalue weighted by Gasteiger charge is 2.20. The Labute approximate surface area is 237 Å². The molecule has 4 aromatic rings. The molecule has 4 rings (SSSR count). The first kappa shape index (κ1) is 29.1. The van der Waals surface area contributed by atoms with Crippen molar-refractivity contribution in [1.82, 2.24) is 14.9 Å².